The molecule has 1 unspecified atom stereocenters. The Balaban J connectivity index is 2.13. The first-order chi connectivity index (χ1) is 8.60. The third-order valence-corrected chi connectivity index (χ3v) is 3.98. The van der Waals surface area contributed by atoms with Gasteiger partial charge in [0.1, 0.15) is 10.8 Å². The molecule has 1 aromatic heterocycles. The molecule has 18 heavy (non-hydrogen) atoms. The van der Waals surface area contributed by atoms with E-state index in [1.54, 1.807) is 23.5 Å². The van der Waals surface area contributed by atoms with Gasteiger partial charge in [-0.1, -0.05) is 6.92 Å². The molecule has 1 atom stereocenters. The van der Waals surface area contributed by atoms with E-state index in [0.29, 0.717) is 11.4 Å². The van der Waals surface area contributed by atoms with E-state index in [0.717, 1.165) is 11.4 Å². The van der Waals surface area contributed by atoms with Crippen molar-refractivity contribution in [3.05, 3.63) is 40.1 Å². The third kappa shape index (κ3) is 2.79. The number of hydrogen-bond donors (Lipinski definition) is 2. The van der Waals surface area contributed by atoms with Crippen molar-refractivity contribution in [2.75, 3.05) is 11.1 Å². The average Bonchev–Trinajstić information content (AvgIpc) is 2.81. The number of thiazole rings is 1. The number of aryl methyl sites for hydroxylation is 1. The van der Waals surface area contributed by atoms with Crippen molar-refractivity contribution in [3.63, 3.8) is 0 Å². The second kappa shape index (κ2) is 5.35. The fourth-order valence-corrected chi connectivity index (χ4v) is 2.49. The van der Waals surface area contributed by atoms with E-state index < -0.39 is 0 Å². The predicted octanol–water partition coefficient (Wildman–Crippen LogP) is 3.60. The molecule has 0 aliphatic heterocycles. The van der Waals surface area contributed by atoms with Gasteiger partial charge in [-0.2, -0.15) is 0 Å². The average molecular weight is 265 g/mol. The van der Waals surface area contributed by atoms with Crippen LogP contribution in [0.1, 0.15) is 29.8 Å². The highest BCUT2D eigenvalue weighted by molar-refractivity contribution is 7.11. The maximum Gasteiger partial charge on any atom is 0.148 e. The van der Waals surface area contributed by atoms with E-state index >= 15 is 0 Å². The summed E-state index contributed by atoms with van der Waals surface area (Å²) >= 11 is 1.65. The Hall–Kier alpha value is -1.62. The Bertz CT molecular complexity index is 539. The lowest BCUT2D eigenvalue weighted by Crippen LogP contribution is -2.07. The van der Waals surface area contributed by atoms with Crippen molar-refractivity contribution in [2.45, 2.75) is 26.3 Å². The van der Waals surface area contributed by atoms with Crippen LogP contribution in [0.5, 0.6) is 0 Å². The molecule has 3 nitrogen and oxygen atoms in total. The molecule has 0 radical (unpaired) electrons. The van der Waals surface area contributed by atoms with Gasteiger partial charge < -0.3 is 11.1 Å². The summed E-state index contributed by atoms with van der Waals surface area (Å²) in [5.74, 6) is -0.339. The number of nitrogens with one attached hydrogen (secondary N) is 1. The molecule has 0 spiro atoms. The summed E-state index contributed by atoms with van der Waals surface area (Å²) < 4.78 is 13.6. The quantitative estimate of drug-likeness (QED) is 0.830. The molecule has 2 aromatic rings. The van der Waals surface area contributed by atoms with Crippen LogP contribution in [0.2, 0.25) is 0 Å². The predicted molar refractivity (Wildman–Crippen MR) is 74.3 cm³/mol. The van der Waals surface area contributed by atoms with Crippen LogP contribution in [-0.4, -0.2) is 4.98 Å². The summed E-state index contributed by atoms with van der Waals surface area (Å²) in [6.45, 7) is 4.06. The van der Waals surface area contributed by atoms with Gasteiger partial charge in [0, 0.05) is 16.8 Å². The van der Waals surface area contributed by atoms with E-state index in [-0.39, 0.29) is 11.9 Å². The SMILES string of the molecule is CCc1cnc(C(C)Nc2ccc(N)cc2F)s1. The van der Waals surface area contributed by atoms with Gasteiger partial charge in [-0.15, -0.1) is 11.3 Å². The molecular weight excluding hydrogens is 249 g/mol. The van der Waals surface area contributed by atoms with Crippen LogP contribution < -0.4 is 11.1 Å². The Morgan fingerprint density at radius 1 is 1.50 bits per heavy atom. The van der Waals surface area contributed by atoms with Crippen molar-refractivity contribution >= 4 is 22.7 Å². The molecule has 0 aliphatic carbocycles. The van der Waals surface area contributed by atoms with Crippen molar-refractivity contribution in [1.29, 1.82) is 0 Å². The molecule has 5 heteroatoms. The van der Waals surface area contributed by atoms with Gasteiger partial charge in [-0.3, -0.25) is 0 Å². The number of nitrogens with two attached hydrogens (primary N) is 1. The fourth-order valence-electron chi connectivity index (χ4n) is 1.63. The Morgan fingerprint density at radius 3 is 2.89 bits per heavy atom. The molecule has 0 saturated carbocycles. The molecule has 1 heterocycles. The first-order valence-corrected chi connectivity index (χ1v) is 6.68. The highest BCUT2D eigenvalue weighted by atomic mass is 32.1. The van der Waals surface area contributed by atoms with Crippen LogP contribution in [0.3, 0.4) is 0 Å². The third-order valence-electron chi connectivity index (χ3n) is 2.66. The van der Waals surface area contributed by atoms with E-state index in [1.807, 2.05) is 13.1 Å². The van der Waals surface area contributed by atoms with E-state index in [4.69, 9.17) is 5.73 Å². The smallest absolute Gasteiger partial charge is 0.148 e. The number of anilines is 2. The number of aromatic nitrogens is 1. The molecular formula is C13H16FN3S. The molecule has 0 bridgehead atoms. The maximum absolute atomic E-state index is 13.6. The van der Waals surface area contributed by atoms with Gasteiger partial charge in [0.05, 0.1) is 11.7 Å². The van der Waals surface area contributed by atoms with Crippen LogP contribution >= 0.6 is 11.3 Å². The summed E-state index contributed by atoms with van der Waals surface area (Å²) in [4.78, 5) is 5.57. The summed E-state index contributed by atoms with van der Waals surface area (Å²) in [5, 5.41) is 4.07. The lowest BCUT2D eigenvalue weighted by atomic mass is 10.2. The minimum Gasteiger partial charge on any atom is -0.399 e. The molecule has 0 amide bonds. The number of benzene rings is 1. The largest absolute Gasteiger partial charge is 0.399 e. The summed E-state index contributed by atoms with van der Waals surface area (Å²) in [6.07, 6.45) is 2.85. The van der Waals surface area contributed by atoms with Gasteiger partial charge >= 0.3 is 0 Å². The molecule has 3 N–H and O–H groups in total. The van der Waals surface area contributed by atoms with Crippen molar-refractivity contribution < 1.29 is 4.39 Å². The number of halogens is 1. The molecule has 2 rings (SSSR count). The molecule has 0 fully saturated rings. The van der Waals surface area contributed by atoms with E-state index in [2.05, 4.69) is 17.2 Å². The second-order valence-electron chi connectivity index (χ2n) is 4.12. The normalized spacial score (nSPS) is 12.4. The second-order valence-corrected chi connectivity index (χ2v) is 5.27. The summed E-state index contributed by atoms with van der Waals surface area (Å²) in [7, 11) is 0. The Morgan fingerprint density at radius 2 is 2.28 bits per heavy atom. The first-order valence-electron chi connectivity index (χ1n) is 5.86. The van der Waals surface area contributed by atoms with Gasteiger partial charge in [-0.05, 0) is 31.5 Å². The van der Waals surface area contributed by atoms with Gasteiger partial charge in [0.25, 0.3) is 0 Å². The van der Waals surface area contributed by atoms with Crippen LogP contribution in [0.15, 0.2) is 24.4 Å². The zero-order chi connectivity index (χ0) is 13.1. The molecule has 1 aromatic carbocycles. The van der Waals surface area contributed by atoms with E-state index in [9.17, 15) is 4.39 Å². The van der Waals surface area contributed by atoms with Crippen molar-refractivity contribution in [1.82, 2.24) is 4.98 Å². The Kier molecular flexibility index (Phi) is 3.81. The summed E-state index contributed by atoms with van der Waals surface area (Å²) in [6, 6.07) is 4.62. The van der Waals surface area contributed by atoms with Gasteiger partial charge in [-0.25, -0.2) is 9.37 Å². The lowest BCUT2D eigenvalue weighted by molar-refractivity contribution is 0.628. The standard InChI is InChI=1S/C13H16FN3S/c1-3-10-7-16-13(18-10)8(2)17-12-5-4-9(15)6-11(12)14/h4-8,17H,3,15H2,1-2H3. The van der Waals surface area contributed by atoms with Crippen LogP contribution in [-0.2, 0) is 6.42 Å². The Labute approximate surface area is 110 Å². The van der Waals surface area contributed by atoms with Gasteiger partial charge in [0.2, 0.25) is 0 Å². The first kappa shape index (κ1) is 12.8. The minimum atomic E-state index is -0.339. The fraction of sp³-hybridized carbons (Fsp3) is 0.308. The summed E-state index contributed by atoms with van der Waals surface area (Å²) in [5.41, 5.74) is 6.39. The van der Waals surface area contributed by atoms with Crippen LogP contribution in [0.4, 0.5) is 15.8 Å². The van der Waals surface area contributed by atoms with Crippen molar-refractivity contribution in [2.24, 2.45) is 0 Å². The topological polar surface area (TPSA) is 50.9 Å². The number of rotatable bonds is 4. The lowest BCUT2D eigenvalue weighted by Gasteiger charge is -2.13. The van der Waals surface area contributed by atoms with E-state index in [1.165, 1.54) is 10.9 Å². The number of hydrogen-bond acceptors (Lipinski definition) is 4. The van der Waals surface area contributed by atoms with Crippen molar-refractivity contribution in [3.8, 4) is 0 Å². The van der Waals surface area contributed by atoms with Crippen LogP contribution in [0.25, 0.3) is 0 Å². The minimum absolute atomic E-state index is 0.0200. The molecule has 0 saturated heterocycles. The highest BCUT2D eigenvalue weighted by Gasteiger charge is 2.12. The number of nitrogen functional groups attached to an aromatic ring is 1. The monoisotopic (exact) mass is 265 g/mol. The number of nitrogens with zero attached hydrogens (tertiary/aromatic N) is 1. The maximum atomic E-state index is 13.6. The zero-order valence-corrected chi connectivity index (χ0v) is 11.2. The highest BCUT2D eigenvalue weighted by Crippen LogP contribution is 2.26. The van der Waals surface area contributed by atoms with Crippen LogP contribution in [0, 0.1) is 5.82 Å². The molecule has 96 valence electrons. The molecule has 0 aliphatic rings. The zero-order valence-electron chi connectivity index (χ0n) is 10.4. The van der Waals surface area contributed by atoms with Gasteiger partial charge in [0.15, 0.2) is 0 Å².